The van der Waals surface area contributed by atoms with Gasteiger partial charge in [0.1, 0.15) is 18.1 Å². The number of aryl methyl sites for hydroxylation is 1. The number of anilines is 2. The van der Waals surface area contributed by atoms with Crippen LogP contribution in [-0.2, 0) is 11.3 Å². The van der Waals surface area contributed by atoms with E-state index >= 15 is 0 Å². The molecule has 0 spiro atoms. The van der Waals surface area contributed by atoms with Gasteiger partial charge < -0.3 is 25.3 Å². The first-order chi connectivity index (χ1) is 16.0. The molecule has 0 radical (unpaired) electrons. The molecule has 0 bridgehead atoms. The summed E-state index contributed by atoms with van der Waals surface area (Å²) in [6.07, 6.45) is 0. The van der Waals surface area contributed by atoms with Crippen molar-refractivity contribution in [2.75, 3.05) is 25.0 Å². The smallest absolute Gasteiger partial charge is 0.256 e. The van der Waals surface area contributed by atoms with Gasteiger partial charge in [0.25, 0.3) is 5.91 Å². The van der Waals surface area contributed by atoms with Gasteiger partial charge in [-0.3, -0.25) is 9.78 Å². The van der Waals surface area contributed by atoms with E-state index in [0.717, 1.165) is 22.2 Å². The van der Waals surface area contributed by atoms with Gasteiger partial charge in [0.05, 0.1) is 5.52 Å². The molecule has 0 saturated heterocycles. The Balaban J connectivity index is 0.00000324. The molecule has 1 heterocycles. The predicted molar refractivity (Wildman–Crippen MR) is 136 cm³/mol. The number of methoxy groups -OCH3 is 1. The number of pyridine rings is 1. The van der Waals surface area contributed by atoms with Crippen LogP contribution in [0.25, 0.3) is 10.9 Å². The lowest BCUT2D eigenvalue weighted by Crippen LogP contribution is -2.15. The maximum Gasteiger partial charge on any atom is 0.256 e. The van der Waals surface area contributed by atoms with Crippen molar-refractivity contribution < 1.29 is 19.0 Å². The largest absolute Gasteiger partial charge is 0.489 e. The number of nitrogens with zero attached hydrogens (tertiary/aromatic N) is 1. The lowest BCUT2D eigenvalue weighted by molar-refractivity contribution is 0.0511. The van der Waals surface area contributed by atoms with Crippen LogP contribution >= 0.6 is 12.4 Å². The zero-order valence-electron chi connectivity index (χ0n) is 18.9. The second-order valence-electron chi connectivity index (χ2n) is 7.51. The monoisotopic (exact) mass is 479 g/mol. The number of benzene rings is 3. The summed E-state index contributed by atoms with van der Waals surface area (Å²) in [5.41, 5.74) is 10.4. The third-order valence-corrected chi connectivity index (χ3v) is 5.05. The number of halogens is 1. The molecule has 0 aliphatic heterocycles. The fourth-order valence-corrected chi connectivity index (χ4v) is 3.45. The minimum absolute atomic E-state index is 0. The first kappa shape index (κ1) is 24.8. The summed E-state index contributed by atoms with van der Waals surface area (Å²) >= 11 is 0. The Morgan fingerprint density at radius 2 is 1.68 bits per heavy atom. The molecule has 3 N–H and O–H groups in total. The quantitative estimate of drug-likeness (QED) is 0.330. The Labute approximate surface area is 204 Å². The van der Waals surface area contributed by atoms with E-state index in [9.17, 15) is 4.79 Å². The second-order valence-corrected chi connectivity index (χ2v) is 7.51. The Morgan fingerprint density at radius 1 is 0.971 bits per heavy atom. The van der Waals surface area contributed by atoms with Crippen LogP contribution in [0.15, 0.2) is 72.8 Å². The number of fused-ring (bicyclic) bond motifs is 1. The van der Waals surface area contributed by atoms with Crippen LogP contribution in [0.1, 0.15) is 21.6 Å². The van der Waals surface area contributed by atoms with Crippen molar-refractivity contribution in [3.63, 3.8) is 0 Å². The normalized spacial score (nSPS) is 10.4. The van der Waals surface area contributed by atoms with Gasteiger partial charge in [-0.15, -0.1) is 12.4 Å². The summed E-state index contributed by atoms with van der Waals surface area (Å²) in [5, 5.41) is 3.75. The van der Waals surface area contributed by atoms with Crippen LogP contribution in [0.2, 0.25) is 0 Å². The first-order valence-corrected chi connectivity index (χ1v) is 10.4. The number of hydrogen-bond donors (Lipinski definition) is 2. The summed E-state index contributed by atoms with van der Waals surface area (Å²) in [5.74, 6) is 1.13. The molecular weight excluding hydrogens is 454 g/mol. The van der Waals surface area contributed by atoms with E-state index in [4.69, 9.17) is 19.9 Å². The number of ether oxygens (including phenoxy) is 3. The van der Waals surface area contributed by atoms with E-state index in [2.05, 4.69) is 10.3 Å². The van der Waals surface area contributed by atoms with Crippen molar-refractivity contribution in [2.45, 2.75) is 13.5 Å². The molecule has 7 nitrogen and oxygen atoms in total. The number of nitrogen functional groups attached to an aromatic ring is 1. The molecule has 1 amide bonds. The first-order valence-electron chi connectivity index (χ1n) is 10.4. The number of nitrogens with two attached hydrogens (primary N) is 1. The van der Waals surface area contributed by atoms with Gasteiger partial charge in [-0.1, -0.05) is 18.2 Å². The van der Waals surface area contributed by atoms with Crippen molar-refractivity contribution in [1.29, 1.82) is 0 Å². The molecule has 4 rings (SSSR count). The van der Waals surface area contributed by atoms with Crippen molar-refractivity contribution in [2.24, 2.45) is 0 Å². The lowest BCUT2D eigenvalue weighted by Gasteiger charge is -2.13. The van der Waals surface area contributed by atoms with E-state index in [1.54, 1.807) is 25.3 Å². The van der Waals surface area contributed by atoms with Crippen molar-refractivity contribution in [1.82, 2.24) is 4.98 Å². The number of carbonyl (C=O) groups excluding carboxylic acids is 1. The van der Waals surface area contributed by atoms with Gasteiger partial charge in [-0.05, 0) is 61.5 Å². The van der Waals surface area contributed by atoms with E-state index in [0.29, 0.717) is 28.4 Å². The Bertz CT molecular complexity index is 1280. The molecule has 176 valence electrons. The van der Waals surface area contributed by atoms with Crippen LogP contribution in [-0.4, -0.2) is 24.8 Å². The van der Waals surface area contributed by atoms with Crippen LogP contribution in [0, 0.1) is 6.92 Å². The molecule has 0 unspecified atom stereocenters. The molecule has 0 aliphatic rings. The van der Waals surface area contributed by atoms with Gasteiger partial charge in [0.2, 0.25) is 0 Å². The van der Waals surface area contributed by atoms with Crippen LogP contribution in [0.4, 0.5) is 11.4 Å². The van der Waals surface area contributed by atoms with Gasteiger partial charge in [0.15, 0.2) is 6.79 Å². The van der Waals surface area contributed by atoms with Crippen molar-refractivity contribution in [3.05, 3.63) is 89.6 Å². The van der Waals surface area contributed by atoms with Crippen LogP contribution in [0.3, 0.4) is 0 Å². The van der Waals surface area contributed by atoms with Gasteiger partial charge in [-0.2, -0.15) is 0 Å². The predicted octanol–water partition coefficient (Wildman–Crippen LogP) is 5.36. The average molecular weight is 480 g/mol. The fraction of sp³-hybridized carbons (Fsp3) is 0.154. The number of hydrogen-bond acceptors (Lipinski definition) is 6. The molecule has 0 fully saturated rings. The Morgan fingerprint density at radius 3 is 2.41 bits per heavy atom. The highest BCUT2D eigenvalue weighted by atomic mass is 35.5. The SMILES string of the molecule is COCOc1ccc(OCc2ccccc2C(=O)Nc2ccc3nc(C)cc(N)c3c2)cc1.Cl. The molecule has 34 heavy (non-hydrogen) atoms. The van der Waals surface area contributed by atoms with Crippen LogP contribution in [0.5, 0.6) is 11.5 Å². The Kier molecular flexibility index (Phi) is 8.29. The standard InChI is InChI=1S/C26H25N3O4.ClH/c1-17-13-24(27)23-14-19(7-12-25(23)28-17)29-26(30)22-6-4-3-5-18(22)15-32-20-8-10-21(11-9-20)33-16-31-2;/h3-14H,15-16H2,1-2H3,(H2,27,28)(H,29,30);1H. The second kappa shape index (κ2) is 11.4. The minimum atomic E-state index is -0.226. The highest BCUT2D eigenvalue weighted by molar-refractivity contribution is 6.06. The van der Waals surface area contributed by atoms with Gasteiger partial charge in [-0.25, -0.2) is 0 Å². The number of carbonyl (C=O) groups is 1. The molecule has 8 heteroatoms. The molecule has 4 aromatic rings. The molecule has 0 saturated carbocycles. The fourth-order valence-electron chi connectivity index (χ4n) is 3.45. The zero-order valence-corrected chi connectivity index (χ0v) is 19.7. The maximum absolute atomic E-state index is 13.0. The van der Waals surface area contributed by atoms with Gasteiger partial charge >= 0.3 is 0 Å². The summed E-state index contributed by atoms with van der Waals surface area (Å²) in [6.45, 7) is 2.33. The van der Waals surface area contributed by atoms with E-state index in [1.807, 2.05) is 61.5 Å². The van der Waals surface area contributed by atoms with E-state index in [-0.39, 0.29) is 31.7 Å². The number of rotatable bonds is 8. The highest BCUT2D eigenvalue weighted by Gasteiger charge is 2.13. The summed E-state index contributed by atoms with van der Waals surface area (Å²) < 4.78 is 16.2. The van der Waals surface area contributed by atoms with E-state index < -0.39 is 0 Å². The molecule has 3 aromatic carbocycles. The topological polar surface area (TPSA) is 95.7 Å². The molecule has 0 aliphatic carbocycles. The average Bonchev–Trinajstić information content (AvgIpc) is 2.82. The maximum atomic E-state index is 13.0. The Hall–Kier alpha value is -3.81. The number of aromatic nitrogens is 1. The zero-order chi connectivity index (χ0) is 23.2. The minimum Gasteiger partial charge on any atom is -0.489 e. The third kappa shape index (κ3) is 5.95. The van der Waals surface area contributed by atoms with E-state index in [1.165, 1.54) is 0 Å². The number of nitrogens with one attached hydrogen (secondary N) is 1. The highest BCUT2D eigenvalue weighted by Crippen LogP contribution is 2.25. The summed E-state index contributed by atoms with van der Waals surface area (Å²) in [6, 6.07) is 21.9. The number of amides is 1. The molecular formula is C26H26ClN3O4. The summed E-state index contributed by atoms with van der Waals surface area (Å²) in [7, 11) is 1.57. The summed E-state index contributed by atoms with van der Waals surface area (Å²) in [4.78, 5) is 17.5. The lowest BCUT2D eigenvalue weighted by atomic mass is 10.1. The molecule has 0 atom stereocenters. The van der Waals surface area contributed by atoms with Crippen LogP contribution < -0.4 is 20.5 Å². The van der Waals surface area contributed by atoms with Gasteiger partial charge in [0, 0.05) is 40.7 Å². The van der Waals surface area contributed by atoms with Crippen molar-refractivity contribution >= 4 is 40.6 Å². The third-order valence-electron chi connectivity index (χ3n) is 5.05. The van der Waals surface area contributed by atoms with Crippen molar-refractivity contribution in [3.8, 4) is 11.5 Å². The molecule has 1 aromatic heterocycles.